The van der Waals surface area contributed by atoms with E-state index in [4.69, 9.17) is 23.7 Å². The zero-order valence-corrected chi connectivity index (χ0v) is 27.9. The lowest BCUT2D eigenvalue weighted by Gasteiger charge is -2.26. The summed E-state index contributed by atoms with van der Waals surface area (Å²) in [5.41, 5.74) is 2.40. The first-order valence-electron chi connectivity index (χ1n) is 14.7. The van der Waals surface area contributed by atoms with Crippen LogP contribution in [0, 0.1) is 0 Å². The molecule has 0 bridgehead atoms. The molecule has 1 heterocycles. The minimum atomic E-state index is -0.916. The molecule has 5 rings (SSSR count). The summed E-state index contributed by atoms with van der Waals surface area (Å²) < 4.78 is 28.7. The van der Waals surface area contributed by atoms with Gasteiger partial charge in [0.2, 0.25) is 0 Å². The van der Waals surface area contributed by atoms with Gasteiger partial charge in [-0.15, -0.1) is 0 Å². The molecule has 11 nitrogen and oxygen atoms in total. The number of barbiturate groups is 1. The Morgan fingerprint density at radius 2 is 1.54 bits per heavy atom. The lowest BCUT2D eigenvalue weighted by Crippen LogP contribution is -2.54. The first kappa shape index (κ1) is 33.7. The van der Waals surface area contributed by atoms with E-state index in [1.807, 2.05) is 55.5 Å². The van der Waals surface area contributed by atoms with Crippen molar-refractivity contribution in [3.05, 3.63) is 117 Å². The number of benzene rings is 4. The molecule has 0 unspecified atom stereocenters. The van der Waals surface area contributed by atoms with Crippen molar-refractivity contribution >= 4 is 51.5 Å². The van der Waals surface area contributed by atoms with Gasteiger partial charge in [-0.25, -0.2) is 14.5 Å². The van der Waals surface area contributed by atoms with Crippen molar-refractivity contribution in [1.82, 2.24) is 5.32 Å². The summed E-state index contributed by atoms with van der Waals surface area (Å²) in [5, 5.41) is 2.19. The predicted octanol–water partition coefficient (Wildman–Crippen LogP) is 6.47. The highest BCUT2D eigenvalue weighted by Gasteiger charge is 2.37. The van der Waals surface area contributed by atoms with Gasteiger partial charge in [-0.2, -0.15) is 0 Å². The number of imide groups is 2. The lowest BCUT2D eigenvalue weighted by molar-refractivity contribution is -0.122. The number of nitrogens with zero attached hydrogens (tertiary/aromatic N) is 1. The largest absolute Gasteiger partial charge is 0.493 e. The van der Waals surface area contributed by atoms with Crippen molar-refractivity contribution in [2.24, 2.45) is 0 Å². The maximum absolute atomic E-state index is 13.4. The van der Waals surface area contributed by atoms with E-state index in [0.29, 0.717) is 46.2 Å². The minimum absolute atomic E-state index is 0.163. The Balaban J connectivity index is 1.35. The monoisotopic (exact) mass is 714 g/mol. The normalized spacial score (nSPS) is 13.6. The molecule has 0 spiro atoms. The van der Waals surface area contributed by atoms with Crippen molar-refractivity contribution in [2.45, 2.75) is 20.1 Å². The van der Waals surface area contributed by atoms with E-state index in [0.717, 1.165) is 16.0 Å². The SMILES string of the molecule is CCOc1cc(/C=C2/C(=O)NC(=O)N(c3ccc(C(=O)OC)cc3)C2=O)cc(Br)c1OCc1ccc(OCc2ccccc2)c(OC)c1. The number of urea groups is 1. The molecule has 0 saturated carbocycles. The summed E-state index contributed by atoms with van der Waals surface area (Å²) in [7, 11) is 2.81. The van der Waals surface area contributed by atoms with Crippen molar-refractivity contribution in [2.75, 3.05) is 25.7 Å². The Hall–Kier alpha value is -5.62. The second-order valence-corrected chi connectivity index (χ2v) is 11.2. The van der Waals surface area contributed by atoms with E-state index in [1.165, 1.54) is 37.5 Å². The Morgan fingerprint density at radius 1 is 0.812 bits per heavy atom. The Morgan fingerprint density at radius 3 is 2.23 bits per heavy atom. The Kier molecular flexibility index (Phi) is 10.8. The highest BCUT2D eigenvalue weighted by atomic mass is 79.9. The van der Waals surface area contributed by atoms with Gasteiger partial charge in [-0.1, -0.05) is 36.4 Å². The number of anilines is 1. The number of rotatable bonds is 12. The fourth-order valence-electron chi connectivity index (χ4n) is 4.81. The maximum atomic E-state index is 13.4. The van der Waals surface area contributed by atoms with Crippen molar-refractivity contribution in [1.29, 1.82) is 0 Å². The third kappa shape index (κ3) is 7.67. The Labute approximate surface area is 285 Å². The van der Waals surface area contributed by atoms with Crippen LogP contribution >= 0.6 is 15.9 Å². The molecule has 4 aromatic rings. The summed E-state index contributed by atoms with van der Waals surface area (Å²) in [6, 6.07) is 23.4. The highest BCUT2D eigenvalue weighted by Crippen LogP contribution is 2.39. The molecule has 4 amide bonds. The first-order chi connectivity index (χ1) is 23.2. The van der Waals surface area contributed by atoms with Crippen LogP contribution in [0.3, 0.4) is 0 Å². The second kappa shape index (κ2) is 15.3. The molecule has 1 fully saturated rings. The van der Waals surface area contributed by atoms with Crippen molar-refractivity contribution in [3.8, 4) is 23.0 Å². The molecule has 246 valence electrons. The smallest absolute Gasteiger partial charge is 0.337 e. The minimum Gasteiger partial charge on any atom is -0.493 e. The number of ether oxygens (including phenoxy) is 5. The number of esters is 1. The zero-order chi connectivity index (χ0) is 34.2. The van der Waals surface area contributed by atoms with Gasteiger partial charge in [0.05, 0.1) is 36.6 Å². The van der Waals surface area contributed by atoms with E-state index in [-0.39, 0.29) is 23.4 Å². The first-order valence-corrected chi connectivity index (χ1v) is 15.5. The maximum Gasteiger partial charge on any atom is 0.337 e. The summed E-state index contributed by atoms with van der Waals surface area (Å²) >= 11 is 3.53. The average molecular weight is 716 g/mol. The van der Waals surface area contributed by atoms with E-state index >= 15 is 0 Å². The van der Waals surface area contributed by atoms with Crippen LogP contribution in [0.5, 0.6) is 23.0 Å². The van der Waals surface area contributed by atoms with E-state index in [9.17, 15) is 19.2 Å². The molecule has 1 aliphatic heterocycles. The van der Waals surface area contributed by atoms with Crippen LogP contribution in [0.15, 0.2) is 95.0 Å². The molecule has 0 atom stereocenters. The number of halogens is 1. The van der Waals surface area contributed by atoms with Crippen molar-refractivity contribution in [3.63, 3.8) is 0 Å². The molecule has 12 heteroatoms. The molecule has 0 radical (unpaired) electrons. The van der Waals surface area contributed by atoms with Crippen LogP contribution in [0.2, 0.25) is 0 Å². The van der Waals surface area contributed by atoms with Crippen LogP contribution in [0.25, 0.3) is 6.08 Å². The molecule has 1 aliphatic rings. The summed E-state index contributed by atoms with van der Waals surface area (Å²) in [4.78, 5) is 51.5. The van der Waals surface area contributed by atoms with Gasteiger partial charge < -0.3 is 23.7 Å². The molecular weight excluding hydrogens is 684 g/mol. The molecule has 1 saturated heterocycles. The third-order valence-corrected chi connectivity index (χ3v) is 7.73. The fraction of sp³-hybridized carbons (Fsp3) is 0.167. The van der Waals surface area contributed by atoms with Crippen LogP contribution in [-0.4, -0.2) is 44.6 Å². The summed E-state index contributed by atoms with van der Waals surface area (Å²) in [6.07, 6.45) is 1.36. The third-order valence-electron chi connectivity index (χ3n) is 7.14. The Bertz CT molecular complexity index is 1870. The van der Waals surface area contributed by atoms with Crippen LogP contribution in [0.1, 0.15) is 34.0 Å². The molecule has 4 aromatic carbocycles. The van der Waals surface area contributed by atoms with Crippen LogP contribution in [-0.2, 0) is 27.5 Å². The van der Waals surface area contributed by atoms with Gasteiger partial charge in [-0.05, 0) is 94.2 Å². The number of nitrogens with one attached hydrogen (secondary N) is 1. The number of hydrogen-bond donors (Lipinski definition) is 1. The molecule has 1 N–H and O–H groups in total. The van der Waals surface area contributed by atoms with Gasteiger partial charge >= 0.3 is 12.0 Å². The predicted molar refractivity (Wildman–Crippen MR) is 180 cm³/mol. The molecule has 0 aliphatic carbocycles. The summed E-state index contributed by atoms with van der Waals surface area (Å²) in [5.74, 6) is -0.343. The van der Waals surface area contributed by atoms with Gasteiger partial charge in [0, 0.05) is 0 Å². The topological polar surface area (TPSA) is 130 Å². The number of methoxy groups -OCH3 is 2. The fourth-order valence-corrected chi connectivity index (χ4v) is 5.38. The number of carbonyl (C=O) groups is 4. The standard InChI is InChI=1S/C36H31BrN2O9/c1-4-46-31-19-24(16-27-33(40)38-36(43)39(34(27)41)26-13-11-25(12-14-26)35(42)45-3)17-28(37)32(31)48-21-23-10-15-29(30(18-23)44-2)47-20-22-8-6-5-7-9-22/h5-19H,4,20-21H2,1-3H3,(H,38,40,43)/b27-16-. The molecular formula is C36H31BrN2O9. The second-order valence-electron chi connectivity index (χ2n) is 10.3. The number of hydrogen-bond acceptors (Lipinski definition) is 9. The number of carbonyl (C=O) groups excluding carboxylic acids is 4. The zero-order valence-electron chi connectivity index (χ0n) is 26.3. The quantitative estimate of drug-likeness (QED) is 0.0998. The molecule has 0 aromatic heterocycles. The van der Waals surface area contributed by atoms with E-state index < -0.39 is 23.8 Å². The number of amides is 4. The highest BCUT2D eigenvalue weighted by molar-refractivity contribution is 9.10. The average Bonchev–Trinajstić information content (AvgIpc) is 3.09. The van der Waals surface area contributed by atoms with Gasteiger partial charge in [0.15, 0.2) is 23.0 Å². The van der Waals surface area contributed by atoms with Gasteiger partial charge in [0.25, 0.3) is 11.8 Å². The van der Waals surface area contributed by atoms with Crippen LogP contribution < -0.4 is 29.2 Å². The van der Waals surface area contributed by atoms with Crippen molar-refractivity contribution < 1.29 is 42.9 Å². The molecule has 48 heavy (non-hydrogen) atoms. The van der Waals surface area contributed by atoms with Crippen LogP contribution in [0.4, 0.5) is 10.5 Å². The van der Waals surface area contributed by atoms with Gasteiger partial charge in [0.1, 0.15) is 18.8 Å². The van der Waals surface area contributed by atoms with E-state index in [2.05, 4.69) is 21.2 Å². The van der Waals surface area contributed by atoms with E-state index in [1.54, 1.807) is 19.2 Å². The van der Waals surface area contributed by atoms with Gasteiger partial charge in [-0.3, -0.25) is 14.9 Å². The lowest BCUT2D eigenvalue weighted by atomic mass is 10.1. The summed E-state index contributed by atoms with van der Waals surface area (Å²) in [6.45, 7) is 2.69.